The van der Waals surface area contributed by atoms with Crippen LogP contribution < -0.4 is 5.73 Å². The van der Waals surface area contributed by atoms with Gasteiger partial charge in [-0.25, -0.2) is 15.0 Å². The minimum Gasteiger partial charge on any atom is -0.383 e. The van der Waals surface area contributed by atoms with E-state index in [1.54, 1.807) is 29.3 Å². The van der Waals surface area contributed by atoms with Crippen LogP contribution in [0.25, 0.3) is 10.2 Å². The van der Waals surface area contributed by atoms with Crippen LogP contribution in [-0.4, -0.2) is 15.0 Å². The highest BCUT2D eigenvalue weighted by molar-refractivity contribution is 7.98. The van der Waals surface area contributed by atoms with Gasteiger partial charge in [-0.3, -0.25) is 0 Å². The van der Waals surface area contributed by atoms with Crippen LogP contribution in [0.4, 0.5) is 5.82 Å². The molecule has 0 amide bonds. The number of thioether (sulfide) groups is 1. The van der Waals surface area contributed by atoms with E-state index in [2.05, 4.69) is 9.97 Å². The molecule has 0 saturated heterocycles. The van der Waals surface area contributed by atoms with E-state index >= 15 is 0 Å². The number of nitrogen functional groups attached to an aromatic ring is 1. The molecule has 7 heteroatoms. The predicted molar refractivity (Wildman–Crippen MR) is 97.3 cm³/mol. The van der Waals surface area contributed by atoms with E-state index in [0.29, 0.717) is 16.6 Å². The standard InChI is InChI=1S/C16H15ClN4S2/c17-9-5-6-13(19-7-9)22-8-12-20-15(18)14-10-3-1-2-4-11(10)23-16(14)21-12/h5-7H,1-4,8H2,(H2,18,20,21). The maximum absolute atomic E-state index is 6.23. The van der Waals surface area contributed by atoms with Crippen molar-refractivity contribution in [2.24, 2.45) is 0 Å². The summed E-state index contributed by atoms with van der Waals surface area (Å²) in [6.07, 6.45) is 6.39. The second-order valence-electron chi connectivity index (χ2n) is 5.52. The normalized spacial score (nSPS) is 14.1. The fraction of sp³-hybridized carbons (Fsp3) is 0.312. The van der Waals surface area contributed by atoms with Gasteiger partial charge in [0.05, 0.1) is 21.2 Å². The van der Waals surface area contributed by atoms with Gasteiger partial charge in [-0.1, -0.05) is 23.4 Å². The lowest BCUT2D eigenvalue weighted by atomic mass is 9.97. The Morgan fingerprint density at radius 1 is 1.22 bits per heavy atom. The smallest absolute Gasteiger partial charge is 0.142 e. The highest BCUT2D eigenvalue weighted by Crippen LogP contribution is 2.38. The number of fused-ring (bicyclic) bond motifs is 3. The van der Waals surface area contributed by atoms with Crippen molar-refractivity contribution >= 4 is 50.7 Å². The fourth-order valence-electron chi connectivity index (χ4n) is 2.88. The molecule has 0 unspecified atom stereocenters. The summed E-state index contributed by atoms with van der Waals surface area (Å²) < 4.78 is 0. The lowest BCUT2D eigenvalue weighted by Crippen LogP contribution is -2.02. The summed E-state index contributed by atoms with van der Waals surface area (Å²) in [6, 6.07) is 3.74. The molecule has 0 saturated carbocycles. The minimum atomic E-state index is 0.620. The number of thiophene rings is 1. The van der Waals surface area contributed by atoms with Gasteiger partial charge in [-0.05, 0) is 43.4 Å². The average Bonchev–Trinajstić information content (AvgIpc) is 2.93. The van der Waals surface area contributed by atoms with E-state index in [1.807, 2.05) is 12.1 Å². The first kappa shape index (κ1) is 15.2. The first-order chi connectivity index (χ1) is 11.2. The van der Waals surface area contributed by atoms with Crippen molar-refractivity contribution in [1.82, 2.24) is 15.0 Å². The highest BCUT2D eigenvalue weighted by atomic mass is 35.5. The zero-order valence-corrected chi connectivity index (χ0v) is 14.8. The molecule has 0 fully saturated rings. The average molecular weight is 363 g/mol. The van der Waals surface area contributed by atoms with Gasteiger partial charge in [0, 0.05) is 11.1 Å². The number of halogens is 1. The fourth-order valence-corrected chi connectivity index (χ4v) is 4.98. The first-order valence-corrected chi connectivity index (χ1v) is 9.70. The molecule has 0 spiro atoms. The number of pyridine rings is 1. The summed E-state index contributed by atoms with van der Waals surface area (Å²) in [7, 11) is 0. The lowest BCUT2D eigenvalue weighted by molar-refractivity contribution is 0.700. The molecular formula is C16H15ClN4S2. The van der Waals surface area contributed by atoms with Crippen LogP contribution in [-0.2, 0) is 18.6 Å². The van der Waals surface area contributed by atoms with Crippen LogP contribution in [0, 0.1) is 0 Å². The third-order valence-corrected chi connectivity index (χ3v) is 6.29. The minimum absolute atomic E-state index is 0.620. The van der Waals surface area contributed by atoms with Gasteiger partial charge in [0.25, 0.3) is 0 Å². The molecule has 1 aliphatic carbocycles. The number of hydrogen-bond donors (Lipinski definition) is 1. The topological polar surface area (TPSA) is 64.7 Å². The Hall–Kier alpha value is -1.37. The summed E-state index contributed by atoms with van der Waals surface area (Å²) in [5, 5.41) is 2.63. The summed E-state index contributed by atoms with van der Waals surface area (Å²) in [6.45, 7) is 0. The van der Waals surface area contributed by atoms with Gasteiger partial charge < -0.3 is 5.73 Å². The Kier molecular flexibility index (Phi) is 4.13. The monoisotopic (exact) mass is 362 g/mol. The van der Waals surface area contributed by atoms with Crippen LogP contribution in [0.2, 0.25) is 5.02 Å². The van der Waals surface area contributed by atoms with E-state index in [4.69, 9.17) is 22.3 Å². The van der Waals surface area contributed by atoms with Gasteiger partial charge in [0.2, 0.25) is 0 Å². The molecule has 4 nitrogen and oxygen atoms in total. The van der Waals surface area contributed by atoms with E-state index in [9.17, 15) is 0 Å². The molecule has 3 aromatic heterocycles. The van der Waals surface area contributed by atoms with E-state index in [0.717, 1.165) is 33.9 Å². The summed E-state index contributed by atoms with van der Waals surface area (Å²) >= 11 is 9.22. The molecule has 0 atom stereocenters. The number of nitrogens with two attached hydrogens (primary N) is 1. The van der Waals surface area contributed by atoms with Crippen LogP contribution in [0.3, 0.4) is 0 Å². The maximum atomic E-state index is 6.23. The molecule has 0 aliphatic heterocycles. The van der Waals surface area contributed by atoms with E-state index < -0.39 is 0 Å². The van der Waals surface area contributed by atoms with Gasteiger partial charge in [0.1, 0.15) is 16.5 Å². The zero-order valence-electron chi connectivity index (χ0n) is 12.4. The summed E-state index contributed by atoms with van der Waals surface area (Å²) in [5.74, 6) is 2.03. The van der Waals surface area contributed by atoms with Gasteiger partial charge in [-0.2, -0.15) is 0 Å². The lowest BCUT2D eigenvalue weighted by Gasteiger charge is -2.10. The Bertz CT molecular complexity index is 861. The molecule has 0 bridgehead atoms. The quantitative estimate of drug-likeness (QED) is 0.695. The molecule has 118 valence electrons. The molecule has 3 aromatic rings. The van der Waals surface area contributed by atoms with Crippen molar-refractivity contribution in [3.05, 3.63) is 39.6 Å². The van der Waals surface area contributed by atoms with Gasteiger partial charge in [-0.15, -0.1) is 11.3 Å². The van der Waals surface area contributed by atoms with Crippen LogP contribution in [0.15, 0.2) is 23.4 Å². The van der Waals surface area contributed by atoms with Crippen molar-refractivity contribution in [1.29, 1.82) is 0 Å². The van der Waals surface area contributed by atoms with Gasteiger partial charge in [0.15, 0.2) is 0 Å². The zero-order chi connectivity index (χ0) is 15.8. The van der Waals surface area contributed by atoms with Crippen LogP contribution >= 0.6 is 34.7 Å². The van der Waals surface area contributed by atoms with Crippen LogP contribution in [0.5, 0.6) is 0 Å². The molecule has 23 heavy (non-hydrogen) atoms. The molecule has 4 rings (SSSR count). The number of hydrogen-bond acceptors (Lipinski definition) is 6. The Labute approximate surface area is 147 Å². The molecular weight excluding hydrogens is 348 g/mol. The molecule has 3 heterocycles. The Balaban J connectivity index is 1.62. The third-order valence-electron chi connectivity index (χ3n) is 3.94. The Morgan fingerprint density at radius 3 is 2.91 bits per heavy atom. The highest BCUT2D eigenvalue weighted by Gasteiger charge is 2.20. The number of nitrogens with zero attached hydrogens (tertiary/aromatic N) is 3. The predicted octanol–water partition coefficient (Wildman–Crippen LogP) is 4.49. The SMILES string of the molecule is Nc1nc(CSc2ccc(Cl)cn2)nc2sc3c(c12)CCCC3. The van der Waals surface area contributed by atoms with Crippen molar-refractivity contribution in [3.8, 4) is 0 Å². The van der Waals surface area contributed by atoms with E-state index in [1.165, 1.54) is 23.3 Å². The van der Waals surface area contributed by atoms with Crippen LogP contribution in [0.1, 0.15) is 29.1 Å². The van der Waals surface area contributed by atoms with Gasteiger partial charge >= 0.3 is 0 Å². The van der Waals surface area contributed by atoms with Crippen molar-refractivity contribution in [2.45, 2.75) is 36.5 Å². The Morgan fingerprint density at radius 2 is 2.09 bits per heavy atom. The molecule has 2 N–H and O–H groups in total. The maximum Gasteiger partial charge on any atom is 0.142 e. The number of anilines is 1. The molecule has 1 aliphatic rings. The largest absolute Gasteiger partial charge is 0.383 e. The van der Waals surface area contributed by atoms with Crippen molar-refractivity contribution < 1.29 is 0 Å². The first-order valence-electron chi connectivity index (χ1n) is 7.51. The van der Waals surface area contributed by atoms with Crippen molar-refractivity contribution in [2.75, 3.05) is 5.73 Å². The van der Waals surface area contributed by atoms with E-state index in [-0.39, 0.29) is 0 Å². The second-order valence-corrected chi connectivity index (χ2v) is 8.04. The number of aromatic nitrogens is 3. The number of rotatable bonds is 3. The number of aryl methyl sites for hydroxylation is 2. The second kappa shape index (κ2) is 6.26. The third kappa shape index (κ3) is 3.03. The van der Waals surface area contributed by atoms with Crippen molar-refractivity contribution in [3.63, 3.8) is 0 Å². The summed E-state index contributed by atoms with van der Waals surface area (Å²) in [5.41, 5.74) is 7.61. The molecule has 0 aromatic carbocycles. The summed E-state index contributed by atoms with van der Waals surface area (Å²) in [4.78, 5) is 16.0. The molecule has 0 radical (unpaired) electrons.